The van der Waals surface area contributed by atoms with Crippen LogP contribution in [0.25, 0.3) is 0 Å². The third-order valence-electron chi connectivity index (χ3n) is 3.31. The average Bonchev–Trinajstić information content (AvgIpc) is 2.97. The summed E-state index contributed by atoms with van der Waals surface area (Å²) in [5, 5.41) is 3.00. The van der Waals surface area contributed by atoms with E-state index >= 15 is 0 Å². The normalized spacial score (nSPS) is 12.3. The van der Waals surface area contributed by atoms with E-state index in [0.29, 0.717) is 29.5 Å². The van der Waals surface area contributed by atoms with E-state index in [0.717, 1.165) is 5.56 Å². The number of halogens is 2. The minimum absolute atomic E-state index is 0.0572. The number of hydrogen-bond acceptors (Lipinski definition) is 3. The molecule has 22 heavy (non-hydrogen) atoms. The number of nitrogens with one attached hydrogen (secondary N) is 1. The molecule has 1 amide bonds. The fraction of sp³-hybridized carbons (Fsp3) is 0.188. The van der Waals surface area contributed by atoms with Gasteiger partial charge in [-0.3, -0.25) is 4.79 Å². The van der Waals surface area contributed by atoms with Gasteiger partial charge in [0.1, 0.15) is 5.82 Å². The number of rotatable bonds is 4. The Bertz CT molecular complexity index is 721. The lowest BCUT2D eigenvalue weighted by Crippen LogP contribution is -2.26. The molecule has 1 aliphatic rings. The maximum atomic E-state index is 13.6. The summed E-state index contributed by atoms with van der Waals surface area (Å²) < 4.78 is 24.1. The van der Waals surface area contributed by atoms with Crippen LogP contribution < -0.4 is 14.8 Å². The van der Waals surface area contributed by atoms with E-state index in [9.17, 15) is 9.18 Å². The van der Waals surface area contributed by atoms with Gasteiger partial charge in [0.15, 0.2) is 11.5 Å². The Labute approximate surface area is 131 Å². The van der Waals surface area contributed by atoms with Crippen LogP contribution in [-0.2, 0) is 6.42 Å². The second-order valence-corrected chi connectivity index (χ2v) is 5.25. The van der Waals surface area contributed by atoms with E-state index in [1.165, 1.54) is 18.2 Å². The van der Waals surface area contributed by atoms with Crippen LogP contribution in [-0.4, -0.2) is 19.2 Å². The van der Waals surface area contributed by atoms with Crippen LogP contribution in [0.3, 0.4) is 0 Å². The quantitative estimate of drug-likeness (QED) is 0.941. The van der Waals surface area contributed by atoms with Crippen molar-refractivity contribution in [2.75, 3.05) is 13.3 Å². The summed E-state index contributed by atoms with van der Waals surface area (Å²) in [6.45, 7) is 0.605. The SMILES string of the molecule is O=C(NCCc1ccc2c(c1)OCO2)c1cc(Cl)ccc1F. The molecule has 0 fully saturated rings. The summed E-state index contributed by atoms with van der Waals surface area (Å²) in [6, 6.07) is 9.49. The van der Waals surface area contributed by atoms with Crippen LogP contribution in [0, 0.1) is 5.82 Å². The third-order valence-corrected chi connectivity index (χ3v) is 3.54. The van der Waals surface area contributed by atoms with Gasteiger partial charge in [0.25, 0.3) is 5.91 Å². The van der Waals surface area contributed by atoms with Gasteiger partial charge in [-0.05, 0) is 42.3 Å². The number of amides is 1. The van der Waals surface area contributed by atoms with Crippen LogP contribution >= 0.6 is 11.6 Å². The van der Waals surface area contributed by atoms with E-state index in [4.69, 9.17) is 21.1 Å². The second kappa shape index (κ2) is 6.23. The van der Waals surface area contributed by atoms with Crippen LogP contribution in [0.1, 0.15) is 15.9 Å². The highest BCUT2D eigenvalue weighted by atomic mass is 35.5. The Balaban J connectivity index is 1.59. The minimum atomic E-state index is -0.593. The Morgan fingerprint density at radius 1 is 1.18 bits per heavy atom. The molecule has 2 aromatic carbocycles. The Morgan fingerprint density at radius 3 is 2.86 bits per heavy atom. The average molecular weight is 322 g/mol. The maximum Gasteiger partial charge on any atom is 0.254 e. The van der Waals surface area contributed by atoms with Gasteiger partial charge >= 0.3 is 0 Å². The van der Waals surface area contributed by atoms with Crippen molar-refractivity contribution < 1.29 is 18.7 Å². The summed E-state index contributed by atoms with van der Waals surface area (Å²) in [5.74, 6) is 0.337. The molecule has 0 saturated carbocycles. The molecule has 0 aromatic heterocycles. The van der Waals surface area contributed by atoms with Gasteiger partial charge in [-0.15, -0.1) is 0 Å². The number of benzene rings is 2. The van der Waals surface area contributed by atoms with E-state index in [2.05, 4.69) is 5.32 Å². The van der Waals surface area contributed by atoms with Crippen molar-refractivity contribution in [3.05, 3.63) is 58.4 Å². The number of fused-ring (bicyclic) bond motifs is 1. The zero-order valence-corrected chi connectivity index (χ0v) is 12.3. The molecule has 0 bridgehead atoms. The molecule has 0 unspecified atom stereocenters. The first-order chi connectivity index (χ1) is 10.6. The molecule has 2 aromatic rings. The van der Waals surface area contributed by atoms with Gasteiger partial charge in [0.05, 0.1) is 5.56 Å². The molecule has 0 atom stereocenters. The maximum absolute atomic E-state index is 13.6. The number of ether oxygens (including phenoxy) is 2. The number of carbonyl (C=O) groups is 1. The lowest BCUT2D eigenvalue weighted by Gasteiger charge is -2.07. The summed E-state index contributed by atoms with van der Waals surface area (Å²) in [7, 11) is 0. The van der Waals surface area contributed by atoms with E-state index in [-0.39, 0.29) is 12.4 Å². The van der Waals surface area contributed by atoms with Crippen molar-refractivity contribution in [3.8, 4) is 11.5 Å². The largest absolute Gasteiger partial charge is 0.454 e. The highest BCUT2D eigenvalue weighted by Gasteiger charge is 2.14. The Kier molecular flexibility index (Phi) is 4.15. The highest BCUT2D eigenvalue weighted by Crippen LogP contribution is 2.32. The summed E-state index contributed by atoms with van der Waals surface area (Å²) in [6.07, 6.45) is 0.602. The van der Waals surface area contributed by atoms with Crippen molar-refractivity contribution in [2.24, 2.45) is 0 Å². The zero-order chi connectivity index (χ0) is 15.5. The van der Waals surface area contributed by atoms with Gasteiger partial charge in [0, 0.05) is 11.6 Å². The fourth-order valence-electron chi connectivity index (χ4n) is 2.18. The zero-order valence-electron chi connectivity index (χ0n) is 11.6. The standard InChI is InChI=1S/C16H13ClFNO3/c17-11-2-3-13(18)12(8-11)16(20)19-6-5-10-1-4-14-15(7-10)22-9-21-14/h1-4,7-8H,5-6,9H2,(H,19,20). The predicted molar refractivity (Wildman–Crippen MR) is 80.0 cm³/mol. The molecule has 0 spiro atoms. The topological polar surface area (TPSA) is 47.6 Å². The molecule has 1 aliphatic heterocycles. The first-order valence-corrected chi connectivity index (χ1v) is 7.13. The highest BCUT2D eigenvalue weighted by molar-refractivity contribution is 6.31. The fourth-order valence-corrected chi connectivity index (χ4v) is 2.36. The third kappa shape index (κ3) is 3.14. The lowest BCUT2D eigenvalue weighted by atomic mass is 10.1. The van der Waals surface area contributed by atoms with E-state index in [1.54, 1.807) is 0 Å². The van der Waals surface area contributed by atoms with Crippen molar-refractivity contribution in [1.82, 2.24) is 5.32 Å². The van der Waals surface area contributed by atoms with E-state index < -0.39 is 11.7 Å². The van der Waals surface area contributed by atoms with Gasteiger partial charge in [0.2, 0.25) is 6.79 Å². The predicted octanol–water partition coefficient (Wildman–Crippen LogP) is 3.18. The minimum Gasteiger partial charge on any atom is -0.454 e. The molecule has 0 aliphatic carbocycles. The Morgan fingerprint density at radius 2 is 2.00 bits per heavy atom. The van der Waals surface area contributed by atoms with E-state index in [1.807, 2.05) is 18.2 Å². The molecule has 0 saturated heterocycles. The van der Waals surface area contributed by atoms with Crippen molar-refractivity contribution in [1.29, 1.82) is 0 Å². The van der Waals surface area contributed by atoms with Crippen LogP contribution in [0.5, 0.6) is 11.5 Å². The Hall–Kier alpha value is -2.27. The van der Waals surface area contributed by atoms with Crippen molar-refractivity contribution in [3.63, 3.8) is 0 Å². The molecular formula is C16H13ClFNO3. The van der Waals surface area contributed by atoms with Gasteiger partial charge in [-0.1, -0.05) is 17.7 Å². The molecule has 1 N–H and O–H groups in total. The summed E-state index contributed by atoms with van der Waals surface area (Å²) in [5.41, 5.74) is 0.939. The second-order valence-electron chi connectivity index (χ2n) is 4.82. The van der Waals surface area contributed by atoms with Gasteiger partial charge in [-0.25, -0.2) is 4.39 Å². The molecular weight excluding hydrogens is 309 g/mol. The lowest BCUT2D eigenvalue weighted by molar-refractivity contribution is 0.0950. The molecule has 4 nitrogen and oxygen atoms in total. The number of carbonyl (C=O) groups excluding carboxylic acids is 1. The molecule has 6 heteroatoms. The molecule has 3 rings (SSSR count). The summed E-state index contributed by atoms with van der Waals surface area (Å²) >= 11 is 5.77. The first kappa shape index (κ1) is 14.7. The smallest absolute Gasteiger partial charge is 0.254 e. The van der Waals surface area contributed by atoms with Crippen molar-refractivity contribution in [2.45, 2.75) is 6.42 Å². The van der Waals surface area contributed by atoms with Crippen LogP contribution in [0.2, 0.25) is 5.02 Å². The van der Waals surface area contributed by atoms with Crippen molar-refractivity contribution >= 4 is 17.5 Å². The summed E-state index contributed by atoms with van der Waals surface area (Å²) in [4.78, 5) is 11.9. The molecule has 1 heterocycles. The van der Waals surface area contributed by atoms with Gasteiger partial charge < -0.3 is 14.8 Å². The molecule has 114 valence electrons. The van der Waals surface area contributed by atoms with Gasteiger partial charge in [-0.2, -0.15) is 0 Å². The van der Waals surface area contributed by atoms with Crippen LogP contribution in [0.15, 0.2) is 36.4 Å². The monoisotopic (exact) mass is 321 g/mol. The molecule has 0 radical (unpaired) electrons. The van der Waals surface area contributed by atoms with Crippen LogP contribution in [0.4, 0.5) is 4.39 Å². The number of hydrogen-bond donors (Lipinski definition) is 1. The first-order valence-electron chi connectivity index (χ1n) is 6.75.